The Morgan fingerprint density at radius 3 is 2.40 bits per heavy atom. The third kappa shape index (κ3) is 7.26. The molecule has 2 aromatic carbocycles. The number of carbonyl (C=O) groups excluding carboxylic acids is 3. The van der Waals surface area contributed by atoms with Crippen LogP contribution in [0.15, 0.2) is 41.2 Å². The SMILES string of the molecule is CCN(c1cc(-c2ccc3c(c2)NC(=O)C32CCN(C(=O)OC(C)(C)C)CC2)cc(C(=O)NCc2c(OC)cc(C)[nH]c2=O)c1C)C1CCOCC1. The lowest BCUT2D eigenvalue weighted by Gasteiger charge is -2.38. The van der Waals surface area contributed by atoms with E-state index < -0.39 is 11.0 Å². The largest absolute Gasteiger partial charge is 0.496 e. The highest BCUT2D eigenvalue weighted by Crippen LogP contribution is 2.47. The van der Waals surface area contributed by atoms with Crippen LogP contribution in [0.25, 0.3) is 11.1 Å². The minimum Gasteiger partial charge on any atom is -0.496 e. The Morgan fingerprint density at radius 1 is 1.04 bits per heavy atom. The van der Waals surface area contributed by atoms with E-state index in [0.717, 1.165) is 53.0 Å². The Kier molecular flexibility index (Phi) is 10.4. The first-order valence-electron chi connectivity index (χ1n) is 18.2. The van der Waals surface area contributed by atoms with Crippen LogP contribution in [-0.4, -0.2) is 79.4 Å². The van der Waals surface area contributed by atoms with E-state index in [-0.39, 0.29) is 36.1 Å². The normalized spacial score (nSPS) is 17.1. The van der Waals surface area contributed by atoms with Gasteiger partial charge in [-0.05, 0) is 114 Å². The number of amides is 3. The maximum Gasteiger partial charge on any atom is 0.410 e. The minimum absolute atomic E-state index is 0.00755. The number of piperidine rings is 1. The predicted octanol–water partition coefficient (Wildman–Crippen LogP) is 5.82. The van der Waals surface area contributed by atoms with Gasteiger partial charge in [-0.3, -0.25) is 14.4 Å². The van der Waals surface area contributed by atoms with Gasteiger partial charge in [0.25, 0.3) is 11.5 Å². The molecule has 3 aliphatic heterocycles. The topological polar surface area (TPSA) is 142 Å². The number of methoxy groups -OCH3 is 1. The lowest BCUT2D eigenvalue weighted by Crippen LogP contribution is -2.49. The summed E-state index contributed by atoms with van der Waals surface area (Å²) in [5.41, 5.74) is 5.02. The minimum atomic E-state index is -0.729. The number of benzene rings is 2. The molecule has 3 amide bonds. The molecular weight excluding hydrogens is 662 g/mol. The molecule has 3 aliphatic rings. The molecule has 278 valence electrons. The van der Waals surface area contributed by atoms with Gasteiger partial charge in [0.2, 0.25) is 5.91 Å². The summed E-state index contributed by atoms with van der Waals surface area (Å²) in [6, 6.07) is 12.0. The van der Waals surface area contributed by atoms with E-state index in [1.54, 1.807) is 17.9 Å². The van der Waals surface area contributed by atoms with Gasteiger partial charge in [-0.25, -0.2) is 4.79 Å². The van der Waals surface area contributed by atoms with Gasteiger partial charge < -0.3 is 39.6 Å². The van der Waals surface area contributed by atoms with E-state index in [4.69, 9.17) is 14.2 Å². The summed E-state index contributed by atoms with van der Waals surface area (Å²) in [7, 11) is 1.50. The van der Waals surface area contributed by atoms with Crippen LogP contribution in [-0.2, 0) is 26.2 Å². The number of nitrogens with zero attached hydrogens (tertiary/aromatic N) is 2. The number of aryl methyl sites for hydroxylation is 1. The number of nitrogens with one attached hydrogen (secondary N) is 3. The Balaban J connectivity index is 1.33. The van der Waals surface area contributed by atoms with Crippen molar-refractivity contribution in [3.05, 3.63) is 74.7 Å². The van der Waals surface area contributed by atoms with E-state index in [1.165, 1.54) is 7.11 Å². The second kappa shape index (κ2) is 14.7. The summed E-state index contributed by atoms with van der Waals surface area (Å²) in [5.74, 6) is 0.0417. The highest BCUT2D eigenvalue weighted by atomic mass is 16.6. The summed E-state index contributed by atoms with van der Waals surface area (Å²) >= 11 is 0. The van der Waals surface area contributed by atoms with Crippen LogP contribution < -0.4 is 25.8 Å². The van der Waals surface area contributed by atoms with Crippen molar-refractivity contribution >= 4 is 29.3 Å². The zero-order chi connectivity index (χ0) is 37.4. The molecule has 0 unspecified atom stereocenters. The first kappa shape index (κ1) is 36.9. The van der Waals surface area contributed by atoms with Crippen LogP contribution >= 0.6 is 0 Å². The molecule has 0 saturated carbocycles. The summed E-state index contributed by atoms with van der Waals surface area (Å²) in [6.07, 6.45) is 2.39. The van der Waals surface area contributed by atoms with Crippen molar-refractivity contribution in [2.24, 2.45) is 0 Å². The van der Waals surface area contributed by atoms with Crippen molar-refractivity contribution < 1.29 is 28.6 Å². The molecule has 0 bridgehead atoms. The number of aromatic nitrogens is 1. The van der Waals surface area contributed by atoms with E-state index >= 15 is 0 Å². The second-order valence-corrected chi connectivity index (χ2v) is 15.1. The van der Waals surface area contributed by atoms with Gasteiger partial charge in [0.1, 0.15) is 11.4 Å². The number of anilines is 2. The quantitative estimate of drug-likeness (QED) is 0.265. The number of H-pyrrole nitrogens is 1. The molecule has 0 aliphatic carbocycles. The zero-order valence-electron chi connectivity index (χ0n) is 31.4. The fraction of sp³-hybridized carbons (Fsp3) is 0.500. The van der Waals surface area contributed by atoms with Crippen LogP contribution in [0, 0.1) is 13.8 Å². The first-order valence-corrected chi connectivity index (χ1v) is 18.2. The summed E-state index contributed by atoms with van der Waals surface area (Å²) < 4.78 is 16.7. The Hall–Kier alpha value is -4.84. The highest BCUT2D eigenvalue weighted by Gasteiger charge is 2.49. The number of pyridine rings is 1. The van der Waals surface area contributed by atoms with E-state index in [1.807, 2.05) is 52.0 Å². The molecule has 2 fully saturated rings. The molecule has 12 heteroatoms. The summed E-state index contributed by atoms with van der Waals surface area (Å²) in [6.45, 7) is 14.3. The van der Waals surface area contributed by atoms with Crippen molar-refractivity contribution in [1.29, 1.82) is 0 Å². The maximum absolute atomic E-state index is 14.0. The van der Waals surface area contributed by atoms with Gasteiger partial charge in [0.05, 0.1) is 24.6 Å². The number of likely N-dealkylation sites (tertiary alicyclic amines) is 1. The maximum atomic E-state index is 14.0. The first-order chi connectivity index (χ1) is 24.7. The molecular formula is C40H51N5O7. The van der Waals surface area contributed by atoms with Crippen LogP contribution in [0.5, 0.6) is 5.75 Å². The van der Waals surface area contributed by atoms with Gasteiger partial charge >= 0.3 is 6.09 Å². The number of rotatable bonds is 8. The number of aromatic amines is 1. The lowest BCUT2D eigenvalue weighted by molar-refractivity contribution is -0.122. The fourth-order valence-corrected chi connectivity index (χ4v) is 7.82. The molecule has 6 rings (SSSR count). The fourth-order valence-electron chi connectivity index (χ4n) is 7.82. The van der Waals surface area contributed by atoms with Crippen molar-refractivity contribution in [3.63, 3.8) is 0 Å². The Morgan fingerprint density at radius 2 is 1.75 bits per heavy atom. The number of ether oxygens (including phenoxy) is 3. The van der Waals surface area contributed by atoms with Crippen LogP contribution in [0.2, 0.25) is 0 Å². The van der Waals surface area contributed by atoms with Gasteiger partial charge in [0.15, 0.2) is 0 Å². The third-order valence-electron chi connectivity index (χ3n) is 10.6. The molecule has 4 heterocycles. The van der Waals surface area contributed by atoms with Crippen LogP contribution in [0.3, 0.4) is 0 Å². The number of hydrogen-bond donors (Lipinski definition) is 3. The molecule has 0 atom stereocenters. The Bertz CT molecular complexity index is 1920. The monoisotopic (exact) mass is 713 g/mol. The van der Waals surface area contributed by atoms with Crippen LogP contribution in [0.1, 0.15) is 86.1 Å². The highest BCUT2D eigenvalue weighted by molar-refractivity contribution is 6.07. The zero-order valence-corrected chi connectivity index (χ0v) is 31.4. The van der Waals surface area contributed by atoms with E-state index in [2.05, 4.69) is 33.5 Å². The molecule has 1 aromatic heterocycles. The number of carbonyl (C=O) groups is 3. The molecule has 2 saturated heterocycles. The molecule has 52 heavy (non-hydrogen) atoms. The van der Waals surface area contributed by atoms with Crippen molar-refractivity contribution in [3.8, 4) is 16.9 Å². The Labute approximate surface area is 305 Å². The average Bonchev–Trinajstić information content (AvgIpc) is 3.37. The number of fused-ring (bicyclic) bond motifs is 2. The molecule has 3 aromatic rings. The van der Waals surface area contributed by atoms with Gasteiger partial charge in [-0.2, -0.15) is 0 Å². The summed E-state index contributed by atoms with van der Waals surface area (Å²) in [4.78, 5) is 60.0. The molecule has 12 nitrogen and oxygen atoms in total. The van der Waals surface area contributed by atoms with E-state index in [9.17, 15) is 19.2 Å². The lowest BCUT2D eigenvalue weighted by atomic mass is 9.73. The van der Waals surface area contributed by atoms with Gasteiger partial charge in [0, 0.05) is 61.5 Å². The van der Waals surface area contributed by atoms with Crippen molar-refractivity contribution in [2.45, 2.75) is 90.8 Å². The third-order valence-corrected chi connectivity index (χ3v) is 10.6. The number of hydrogen-bond acceptors (Lipinski definition) is 8. The standard InChI is InChI=1S/C40H51N5O7/c1-8-45(28-11-17-51-18-12-28)33-22-27(20-29(25(33)3)35(46)41-23-30-34(50-7)19-24(2)42-36(30)47)26-9-10-31-32(21-26)43-37(48)40(31)13-15-44(16-14-40)38(49)52-39(4,5)6/h9-10,19-22,28H,8,11-18,23H2,1-7H3,(H,41,46)(H,42,47)(H,43,48). The molecule has 0 radical (unpaired) electrons. The van der Waals surface area contributed by atoms with Crippen molar-refractivity contribution in [1.82, 2.24) is 15.2 Å². The summed E-state index contributed by atoms with van der Waals surface area (Å²) in [5, 5.41) is 6.11. The van der Waals surface area contributed by atoms with Gasteiger partial charge in [-0.1, -0.05) is 12.1 Å². The smallest absolute Gasteiger partial charge is 0.410 e. The average molecular weight is 714 g/mol. The molecule has 3 N–H and O–H groups in total. The molecule has 1 spiro atoms. The van der Waals surface area contributed by atoms with Crippen LogP contribution in [0.4, 0.5) is 16.2 Å². The van der Waals surface area contributed by atoms with Crippen molar-refractivity contribution in [2.75, 3.05) is 50.2 Å². The van der Waals surface area contributed by atoms with Gasteiger partial charge in [-0.15, -0.1) is 0 Å². The van der Waals surface area contributed by atoms with E-state index in [0.29, 0.717) is 61.7 Å². The second-order valence-electron chi connectivity index (χ2n) is 15.1. The predicted molar refractivity (Wildman–Crippen MR) is 200 cm³/mol.